The van der Waals surface area contributed by atoms with Gasteiger partial charge in [-0.05, 0) is 63.1 Å². The first-order valence-electron chi connectivity index (χ1n) is 12.3. The summed E-state index contributed by atoms with van der Waals surface area (Å²) in [6, 6.07) is 10.8. The van der Waals surface area contributed by atoms with Gasteiger partial charge in [0, 0.05) is 29.8 Å². The maximum absolute atomic E-state index is 15.3. The van der Waals surface area contributed by atoms with Crippen LogP contribution in [0.25, 0.3) is 0 Å². The standard InChI is InChI=1S/C26H30F2N4O3S/c1-18-7-8-25(19-5-3-2-4-6-19)36(34,35)32(18)15-20-13-24(28)22(14-23(20)27)26(33)11-9-21(10-12-26)31-16-29-30-17-31/h2-6,13-14,16-18,21,25,33H,7-12,15H2,1H3/t18-,21-,25-,26-/m0/s1. The molecule has 0 unspecified atom stereocenters. The molecule has 1 saturated heterocycles. The van der Waals surface area contributed by atoms with Crippen LogP contribution >= 0.6 is 0 Å². The van der Waals surface area contributed by atoms with E-state index in [4.69, 9.17) is 0 Å². The van der Waals surface area contributed by atoms with Gasteiger partial charge >= 0.3 is 0 Å². The zero-order valence-corrected chi connectivity index (χ0v) is 20.9. The molecule has 10 heteroatoms. The Labute approximate surface area is 209 Å². The molecule has 0 bridgehead atoms. The minimum absolute atomic E-state index is 0.0397. The van der Waals surface area contributed by atoms with Crippen molar-refractivity contribution in [1.29, 1.82) is 0 Å². The fraction of sp³-hybridized carbons (Fsp3) is 0.462. The van der Waals surface area contributed by atoms with Gasteiger partial charge < -0.3 is 9.67 Å². The Morgan fingerprint density at radius 1 is 1.00 bits per heavy atom. The van der Waals surface area contributed by atoms with Gasteiger partial charge in [-0.15, -0.1) is 10.2 Å². The summed E-state index contributed by atoms with van der Waals surface area (Å²) in [5.41, 5.74) is -0.915. The lowest BCUT2D eigenvalue weighted by Gasteiger charge is -2.38. The third-order valence-corrected chi connectivity index (χ3v) is 10.2. The second kappa shape index (κ2) is 9.64. The Kier molecular flexibility index (Phi) is 6.69. The van der Waals surface area contributed by atoms with Crippen LogP contribution in [0.2, 0.25) is 0 Å². The van der Waals surface area contributed by atoms with Crippen LogP contribution in [0.15, 0.2) is 55.1 Å². The Bertz CT molecular complexity index is 1310. The number of sulfonamides is 1. The van der Waals surface area contributed by atoms with Crippen LogP contribution in [-0.4, -0.2) is 38.6 Å². The van der Waals surface area contributed by atoms with Gasteiger partial charge in [-0.3, -0.25) is 0 Å². The number of hydrogen-bond donors (Lipinski definition) is 1. The van der Waals surface area contributed by atoms with Crippen molar-refractivity contribution in [3.63, 3.8) is 0 Å². The summed E-state index contributed by atoms with van der Waals surface area (Å²) < 4.78 is 60.7. The van der Waals surface area contributed by atoms with Crippen LogP contribution in [-0.2, 0) is 22.2 Å². The lowest BCUT2D eigenvalue weighted by molar-refractivity contribution is -0.0155. The molecule has 2 atom stereocenters. The number of aromatic nitrogens is 3. The van der Waals surface area contributed by atoms with Gasteiger partial charge in [0.2, 0.25) is 10.0 Å². The maximum Gasteiger partial charge on any atom is 0.221 e. The molecule has 1 aromatic heterocycles. The second-order valence-electron chi connectivity index (χ2n) is 10.0. The van der Waals surface area contributed by atoms with Gasteiger partial charge in [-0.1, -0.05) is 30.3 Å². The minimum atomic E-state index is -3.78. The van der Waals surface area contributed by atoms with E-state index in [0.29, 0.717) is 31.2 Å². The summed E-state index contributed by atoms with van der Waals surface area (Å²) in [4.78, 5) is 0. The normalized spacial score (nSPS) is 28.7. The fourth-order valence-corrected chi connectivity index (χ4v) is 7.82. The van der Waals surface area contributed by atoms with Gasteiger partial charge in [-0.2, -0.15) is 4.31 Å². The monoisotopic (exact) mass is 516 g/mol. The summed E-state index contributed by atoms with van der Waals surface area (Å²) >= 11 is 0. The molecule has 3 aromatic rings. The molecule has 0 amide bonds. The molecule has 2 aliphatic rings. The van der Waals surface area contributed by atoms with Crippen LogP contribution in [0.3, 0.4) is 0 Å². The first kappa shape index (κ1) is 25.0. The van der Waals surface area contributed by atoms with Crippen LogP contribution < -0.4 is 0 Å². The highest BCUT2D eigenvalue weighted by Crippen LogP contribution is 2.43. The molecule has 192 valence electrons. The number of nitrogens with zero attached hydrogens (tertiary/aromatic N) is 4. The Balaban J connectivity index is 1.37. The largest absolute Gasteiger partial charge is 0.385 e. The Hall–Kier alpha value is -2.69. The van der Waals surface area contributed by atoms with Crippen LogP contribution in [0.4, 0.5) is 8.78 Å². The molecule has 1 N–H and O–H groups in total. The molecule has 1 aliphatic carbocycles. The summed E-state index contributed by atoms with van der Waals surface area (Å²) in [6.07, 6.45) is 5.99. The number of benzene rings is 2. The van der Waals surface area contributed by atoms with Gasteiger partial charge in [0.15, 0.2) is 0 Å². The lowest BCUT2D eigenvalue weighted by atomic mass is 9.77. The smallest absolute Gasteiger partial charge is 0.221 e. The zero-order valence-electron chi connectivity index (χ0n) is 20.1. The number of halogens is 2. The van der Waals surface area contributed by atoms with E-state index in [-0.39, 0.29) is 42.6 Å². The SMILES string of the molecule is C[C@H]1CC[C@@H](c2ccccc2)S(=O)(=O)N1Cc1cc(F)c([C@]2(O)CC[C@H](n3cnnc3)CC2)cc1F. The maximum atomic E-state index is 15.3. The molecule has 2 fully saturated rings. The summed E-state index contributed by atoms with van der Waals surface area (Å²) in [5.74, 6) is -1.44. The summed E-state index contributed by atoms with van der Waals surface area (Å²) in [6.45, 7) is 1.53. The van der Waals surface area contributed by atoms with Crippen molar-refractivity contribution in [3.8, 4) is 0 Å². The van der Waals surface area contributed by atoms with E-state index in [0.717, 1.165) is 12.1 Å². The third-order valence-electron chi connectivity index (χ3n) is 7.80. The van der Waals surface area contributed by atoms with Crippen molar-refractivity contribution in [1.82, 2.24) is 19.1 Å². The van der Waals surface area contributed by atoms with Gasteiger partial charge in [-0.25, -0.2) is 17.2 Å². The van der Waals surface area contributed by atoms with E-state index in [9.17, 15) is 13.5 Å². The van der Waals surface area contributed by atoms with Crippen molar-refractivity contribution >= 4 is 10.0 Å². The van der Waals surface area contributed by atoms with Crippen molar-refractivity contribution in [2.45, 2.75) is 74.9 Å². The fourth-order valence-electron chi connectivity index (χ4n) is 5.63. The van der Waals surface area contributed by atoms with Crippen LogP contribution in [0, 0.1) is 11.6 Å². The highest BCUT2D eigenvalue weighted by atomic mass is 32.2. The first-order valence-corrected chi connectivity index (χ1v) is 13.8. The number of hydrogen-bond acceptors (Lipinski definition) is 5. The molecule has 7 nitrogen and oxygen atoms in total. The molecule has 1 saturated carbocycles. The number of aliphatic hydroxyl groups is 1. The average Bonchev–Trinajstić information content (AvgIpc) is 3.39. The van der Waals surface area contributed by atoms with Crippen molar-refractivity contribution in [3.05, 3.63) is 83.4 Å². The molecule has 5 rings (SSSR count). The van der Waals surface area contributed by atoms with Crippen molar-refractivity contribution in [2.24, 2.45) is 0 Å². The molecule has 2 heterocycles. The van der Waals surface area contributed by atoms with E-state index in [1.807, 2.05) is 10.6 Å². The van der Waals surface area contributed by atoms with Crippen molar-refractivity contribution < 1.29 is 22.3 Å². The molecular formula is C26H30F2N4O3S. The zero-order chi connectivity index (χ0) is 25.5. The van der Waals surface area contributed by atoms with Gasteiger partial charge in [0.25, 0.3) is 0 Å². The average molecular weight is 517 g/mol. The van der Waals surface area contributed by atoms with E-state index < -0.39 is 32.5 Å². The Morgan fingerprint density at radius 2 is 1.67 bits per heavy atom. The van der Waals surface area contributed by atoms with Crippen LogP contribution in [0.5, 0.6) is 0 Å². The van der Waals surface area contributed by atoms with Crippen LogP contribution in [0.1, 0.15) is 73.4 Å². The number of rotatable bonds is 5. The van der Waals surface area contributed by atoms with E-state index in [1.54, 1.807) is 43.8 Å². The first-order chi connectivity index (χ1) is 17.2. The third kappa shape index (κ3) is 4.57. The van der Waals surface area contributed by atoms with E-state index in [1.165, 1.54) is 4.31 Å². The summed E-state index contributed by atoms with van der Waals surface area (Å²) in [5, 5.41) is 18.1. The van der Waals surface area contributed by atoms with E-state index >= 15 is 8.78 Å². The van der Waals surface area contributed by atoms with Gasteiger partial charge in [0.1, 0.15) is 29.5 Å². The highest BCUT2D eigenvalue weighted by molar-refractivity contribution is 7.89. The van der Waals surface area contributed by atoms with Gasteiger partial charge in [0.05, 0.1) is 5.60 Å². The van der Waals surface area contributed by atoms with E-state index in [2.05, 4.69) is 10.2 Å². The molecule has 36 heavy (non-hydrogen) atoms. The quantitative estimate of drug-likeness (QED) is 0.535. The summed E-state index contributed by atoms with van der Waals surface area (Å²) in [7, 11) is -3.78. The predicted molar refractivity (Wildman–Crippen MR) is 130 cm³/mol. The topological polar surface area (TPSA) is 88.3 Å². The molecule has 1 aliphatic heterocycles. The highest BCUT2D eigenvalue weighted by Gasteiger charge is 2.42. The lowest BCUT2D eigenvalue weighted by Crippen LogP contribution is -2.45. The molecule has 0 spiro atoms. The molecular weight excluding hydrogens is 486 g/mol. The molecule has 0 radical (unpaired) electrons. The second-order valence-corrected chi connectivity index (χ2v) is 12.1. The predicted octanol–water partition coefficient (Wildman–Crippen LogP) is 4.61. The Morgan fingerprint density at radius 3 is 2.33 bits per heavy atom. The van der Waals surface area contributed by atoms with Crippen molar-refractivity contribution in [2.75, 3.05) is 0 Å². The molecule has 2 aromatic carbocycles. The minimum Gasteiger partial charge on any atom is -0.385 e.